The average molecular weight is 396 g/mol. The Balaban J connectivity index is 2.07. The fourth-order valence-corrected chi connectivity index (χ4v) is 2.99. The molecule has 0 spiro atoms. The molecule has 27 heavy (non-hydrogen) atoms. The predicted octanol–water partition coefficient (Wildman–Crippen LogP) is 4.46. The molecule has 1 saturated carbocycles. The van der Waals surface area contributed by atoms with E-state index in [9.17, 15) is 35.9 Å². The molecule has 1 aliphatic carbocycles. The number of hydrogen-bond acceptors (Lipinski definition) is 2. The van der Waals surface area contributed by atoms with E-state index in [1.54, 1.807) is 0 Å². The number of carbonyl (C=O) groups excluding carboxylic acids is 2. The third kappa shape index (κ3) is 6.14. The Morgan fingerprint density at radius 1 is 0.852 bits per heavy atom. The number of amides is 2. The average Bonchev–Trinajstić information content (AvgIpc) is 2.58. The van der Waals surface area contributed by atoms with Crippen LogP contribution in [0.15, 0.2) is 18.2 Å². The number of nitrogens with one attached hydrogen (secondary N) is 2. The molecule has 10 heteroatoms. The van der Waals surface area contributed by atoms with E-state index in [1.807, 2.05) is 10.9 Å². The summed E-state index contributed by atoms with van der Waals surface area (Å²) >= 11 is 0. The van der Waals surface area contributed by atoms with E-state index in [2.05, 4.69) is 0 Å². The zero-order valence-corrected chi connectivity index (χ0v) is 14.1. The van der Waals surface area contributed by atoms with Crippen molar-refractivity contribution in [2.75, 3.05) is 0 Å². The Bertz CT molecular complexity index is 661. The standard InChI is InChI=1S/C17H18F6N2O2/c18-16(19,20)12-7-11(8-13(9-12)17(21,22)23)15(27)25-24-14(26)6-10-4-2-1-3-5-10/h7-10H,1-6H2,(H,24,26)(H,25,27). The van der Waals surface area contributed by atoms with Crippen molar-refractivity contribution in [1.82, 2.24) is 10.9 Å². The molecular weight excluding hydrogens is 378 g/mol. The van der Waals surface area contributed by atoms with Crippen molar-refractivity contribution in [1.29, 1.82) is 0 Å². The normalized spacial score (nSPS) is 16.1. The molecule has 0 saturated heterocycles. The van der Waals surface area contributed by atoms with Crippen molar-refractivity contribution in [3.8, 4) is 0 Å². The first kappa shape index (κ1) is 21.0. The van der Waals surface area contributed by atoms with Gasteiger partial charge >= 0.3 is 12.4 Å². The number of benzene rings is 1. The molecule has 0 unspecified atom stereocenters. The minimum atomic E-state index is -5.06. The summed E-state index contributed by atoms with van der Waals surface area (Å²) in [6, 6.07) is 0.536. The molecule has 0 heterocycles. The molecule has 1 aliphatic rings. The molecule has 0 aliphatic heterocycles. The van der Waals surface area contributed by atoms with Crippen LogP contribution in [0, 0.1) is 5.92 Å². The van der Waals surface area contributed by atoms with Gasteiger partial charge in [-0.05, 0) is 37.0 Å². The summed E-state index contributed by atoms with van der Waals surface area (Å²) in [5, 5.41) is 0. The van der Waals surface area contributed by atoms with E-state index >= 15 is 0 Å². The molecule has 2 rings (SSSR count). The van der Waals surface area contributed by atoms with Crippen molar-refractivity contribution in [2.24, 2.45) is 5.92 Å². The van der Waals surface area contributed by atoms with Gasteiger partial charge in [-0.2, -0.15) is 26.3 Å². The molecule has 1 fully saturated rings. The largest absolute Gasteiger partial charge is 0.416 e. The van der Waals surface area contributed by atoms with Crippen LogP contribution >= 0.6 is 0 Å². The SMILES string of the molecule is O=C(CC1CCCCC1)NNC(=O)c1cc(C(F)(F)F)cc(C(F)(F)F)c1. The van der Waals surface area contributed by atoms with E-state index in [-0.39, 0.29) is 18.4 Å². The number of carbonyl (C=O) groups is 2. The minimum Gasteiger partial charge on any atom is -0.273 e. The summed E-state index contributed by atoms with van der Waals surface area (Å²) in [6.07, 6.45) is -5.17. The number of hydrogen-bond donors (Lipinski definition) is 2. The van der Waals surface area contributed by atoms with Gasteiger partial charge in [-0.3, -0.25) is 20.4 Å². The lowest BCUT2D eigenvalue weighted by atomic mass is 9.87. The third-order valence-corrected chi connectivity index (χ3v) is 4.36. The zero-order valence-electron chi connectivity index (χ0n) is 14.1. The van der Waals surface area contributed by atoms with Crippen molar-refractivity contribution in [3.05, 3.63) is 34.9 Å². The molecule has 4 nitrogen and oxygen atoms in total. The lowest BCUT2D eigenvalue weighted by Gasteiger charge is -2.21. The maximum atomic E-state index is 12.8. The van der Waals surface area contributed by atoms with Gasteiger partial charge < -0.3 is 0 Å². The second kappa shape index (κ2) is 8.18. The highest BCUT2D eigenvalue weighted by Gasteiger charge is 2.37. The summed E-state index contributed by atoms with van der Waals surface area (Å²) in [7, 11) is 0. The number of alkyl halides is 6. The summed E-state index contributed by atoms with van der Waals surface area (Å²) in [5.41, 5.74) is -0.137. The Labute approximate surface area is 151 Å². The summed E-state index contributed by atoms with van der Waals surface area (Å²) in [4.78, 5) is 23.8. The Morgan fingerprint density at radius 2 is 1.37 bits per heavy atom. The van der Waals surface area contributed by atoms with Crippen molar-refractivity contribution < 1.29 is 35.9 Å². The number of hydrazine groups is 1. The molecule has 1 aromatic rings. The van der Waals surface area contributed by atoms with Crippen LogP contribution in [0.4, 0.5) is 26.3 Å². The first-order valence-corrected chi connectivity index (χ1v) is 8.35. The molecule has 2 N–H and O–H groups in total. The number of rotatable bonds is 3. The third-order valence-electron chi connectivity index (χ3n) is 4.36. The molecule has 150 valence electrons. The molecule has 1 aromatic carbocycles. The van der Waals surface area contributed by atoms with Crippen LogP contribution in [-0.2, 0) is 17.1 Å². The topological polar surface area (TPSA) is 58.2 Å². The lowest BCUT2D eigenvalue weighted by Crippen LogP contribution is -2.42. The van der Waals surface area contributed by atoms with E-state index in [1.165, 1.54) is 0 Å². The molecule has 0 radical (unpaired) electrons. The quantitative estimate of drug-likeness (QED) is 0.586. The first-order valence-electron chi connectivity index (χ1n) is 8.35. The maximum Gasteiger partial charge on any atom is 0.416 e. The second-order valence-electron chi connectivity index (χ2n) is 6.51. The highest BCUT2D eigenvalue weighted by atomic mass is 19.4. The Kier molecular flexibility index (Phi) is 6.38. The van der Waals surface area contributed by atoms with Crippen LogP contribution in [0.1, 0.15) is 60.0 Å². The summed E-state index contributed by atoms with van der Waals surface area (Å²) in [6.45, 7) is 0. The number of halogens is 6. The molecular formula is C17H18F6N2O2. The lowest BCUT2D eigenvalue weighted by molar-refractivity contribution is -0.143. The van der Waals surface area contributed by atoms with Gasteiger partial charge in [-0.15, -0.1) is 0 Å². The molecule has 0 aromatic heterocycles. The van der Waals surface area contributed by atoms with Crippen molar-refractivity contribution >= 4 is 11.8 Å². The predicted molar refractivity (Wildman–Crippen MR) is 83.2 cm³/mol. The van der Waals surface area contributed by atoms with Crippen LogP contribution in [0.5, 0.6) is 0 Å². The van der Waals surface area contributed by atoms with Gasteiger partial charge in [0.1, 0.15) is 0 Å². The van der Waals surface area contributed by atoms with Crippen LogP contribution < -0.4 is 10.9 Å². The first-order chi connectivity index (χ1) is 12.5. The Morgan fingerprint density at radius 3 is 1.85 bits per heavy atom. The Hall–Kier alpha value is -2.26. The zero-order chi connectivity index (χ0) is 20.2. The van der Waals surface area contributed by atoms with Crippen LogP contribution in [0.25, 0.3) is 0 Å². The highest BCUT2D eigenvalue weighted by molar-refractivity contribution is 5.95. The smallest absolute Gasteiger partial charge is 0.273 e. The van der Waals surface area contributed by atoms with Crippen LogP contribution in [0.2, 0.25) is 0 Å². The van der Waals surface area contributed by atoms with Crippen molar-refractivity contribution in [3.63, 3.8) is 0 Å². The van der Waals surface area contributed by atoms with Gasteiger partial charge in [0, 0.05) is 12.0 Å². The van der Waals surface area contributed by atoms with Gasteiger partial charge in [-0.1, -0.05) is 19.3 Å². The minimum absolute atomic E-state index is 0.0710. The monoisotopic (exact) mass is 396 g/mol. The van der Waals surface area contributed by atoms with Gasteiger partial charge in [-0.25, -0.2) is 0 Å². The van der Waals surface area contributed by atoms with E-state index in [0.29, 0.717) is 12.1 Å². The highest BCUT2D eigenvalue weighted by Crippen LogP contribution is 2.36. The van der Waals surface area contributed by atoms with Gasteiger partial charge in [0.15, 0.2) is 0 Å². The van der Waals surface area contributed by atoms with Gasteiger partial charge in [0.05, 0.1) is 11.1 Å². The molecule has 2 amide bonds. The van der Waals surface area contributed by atoms with Gasteiger partial charge in [0.2, 0.25) is 5.91 Å². The maximum absolute atomic E-state index is 12.8. The fourth-order valence-electron chi connectivity index (χ4n) is 2.99. The second-order valence-corrected chi connectivity index (χ2v) is 6.51. The molecule has 0 atom stereocenters. The van der Waals surface area contributed by atoms with E-state index < -0.39 is 40.9 Å². The van der Waals surface area contributed by atoms with Crippen LogP contribution in [-0.4, -0.2) is 11.8 Å². The summed E-state index contributed by atoms with van der Waals surface area (Å²) in [5.74, 6) is -1.65. The van der Waals surface area contributed by atoms with E-state index in [4.69, 9.17) is 0 Å². The van der Waals surface area contributed by atoms with Crippen molar-refractivity contribution in [2.45, 2.75) is 50.9 Å². The summed E-state index contributed by atoms with van der Waals surface area (Å²) < 4.78 is 76.8. The molecule has 0 bridgehead atoms. The fraction of sp³-hybridized carbons (Fsp3) is 0.529. The van der Waals surface area contributed by atoms with Gasteiger partial charge in [0.25, 0.3) is 5.91 Å². The van der Waals surface area contributed by atoms with E-state index in [0.717, 1.165) is 32.1 Å². The van der Waals surface area contributed by atoms with Crippen LogP contribution in [0.3, 0.4) is 0 Å².